The molecule has 0 saturated carbocycles. The van der Waals surface area contributed by atoms with E-state index in [-0.39, 0.29) is 0 Å². The molecule has 0 amide bonds. The highest BCUT2D eigenvalue weighted by Gasteiger charge is 2.28. The number of rotatable bonds is 3. The number of nitrogens with one attached hydrogen (secondary N) is 1. The summed E-state index contributed by atoms with van der Waals surface area (Å²) in [5, 5.41) is 3.56. The highest BCUT2D eigenvalue weighted by Crippen LogP contribution is 2.21. The van der Waals surface area contributed by atoms with Gasteiger partial charge in [-0.05, 0) is 53.2 Å². The lowest BCUT2D eigenvalue weighted by Crippen LogP contribution is -2.52. The van der Waals surface area contributed by atoms with E-state index in [0.29, 0.717) is 5.54 Å². The van der Waals surface area contributed by atoms with Gasteiger partial charge in [0, 0.05) is 11.6 Å². The van der Waals surface area contributed by atoms with Gasteiger partial charge in [0.2, 0.25) is 0 Å². The summed E-state index contributed by atoms with van der Waals surface area (Å²) < 4.78 is 0. The predicted molar refractivity (Wildman–Crippen MR) is 58.0 cm³/mol. The molecule has 13 heavy (non-hydrogen) atoms. The van der Waals surface area contributed by atoms with Crippen LogP contribution < -0.4 is 5.32 Å². The van der Waals surface area contributed by atoms with E-state index >= 15 is 0 Å². The summed E-state index contributed by atoms with van der Waals surface area (Å²) in [5.41, 5.74) is 0.338. The van der Waals surface area contributed by atoms with Gasteiger partial charge in [0.15, 0.2) is 0 Å². The molecule has 1 aliphatic heterocycles. The fraction of sp³-hybridized carbons (Fsp3) is 1.00. The zero-order valence-corrected chi connectivity index (χ0v) is 9.56. The standard InChI is InChI=1S/C11H24N2/c1-5-8-13(4)10-6-7-12-11(2,3)9-10/h10,12H,5-9H2,1-4H3. The maximum absolute atomic E-state index is 3.56. The molecule has 0 radical (unpaired) electrons. The Morgan fingerprint density at radius 3 is 2.69 bits per heavy atom. The van der Waals surface area contributed by atoms with Crippen molar-refractivity contribution in [3.05, 3.63) is 0 Å². The van der Waals surface area contributed by atoms with Crippen LogP contribution >= 0.6 is 0 Å². The van der Waals surface area contributed by atoms with Crippen LogP contribution in [0.4, 0.5) is 0 Å². The first kappa shape index (κ1) is 11.0. The number of hydrogen-bond donors (Lipinski definition) is 1. The molecule has 0 spiro atoms. The Hall–Kier alpha value is -0.0800. The van der Waals surface area contributed by atoms with Crippen molar-refractivity contribution in [2.75, 3.05) is 20.1 Å². The Kier molecular flexibility index (Phi) is 3.74. The van der Waals surface area contributed by atoms with Crippen LogP contribution in [0.5, 0.6) is 0 Å². The van der Waals surface area contributed by atoms with E-state index in [0.717, 1.165) is 6.04 Å². The number of nitrogens with zero attached hydrogens (tertiary/aromatic N) is 1. The Balaban J connectivity index is 2.42. The minimum Gasteiger partial charge on any atom is -0.312 e. The highest BCUT2D eigenvalue weighted by atomic mass is 15.1. The van der Waals surface area contributed by atoms with Gasteiger partial charge < -0.3 is 10.2 Å². The maximum atomic E-state index is 3.56. The van der Waals surface area contributed by atoms with Gasteiger partial charge in [-0.3, -0.25) is 0 Å². The molecule has 1 N–H and O–H groups in total. The van der Waals surface area contributed by atoms with Crippen molar-refractivity contribution in [3.8, 4) is 0 Å². The molecule has 0 bridgehead atoms. The van der Waals surface area contributed by atoms with Crippen LogP contribution in [0.1, 0.15) is 40.0 Å². The molecule has 1 fully saturated rings. The fourth-order valence-corrected chi connectivity index (χ4v) is 2.25. The second-order valence-corrected chi connectivity index (χ2v) is 4.94. The largest absolute Gasteiger partial charge is 0.312 e. The van der Waals surface area contributed by atoms with Crippen molar-refractivity contribution in [1.82, 2.24) is 10.2 Å². The molecule has 0 aromatic carbocycles. The molecule has 1 aliphatic rings. The summed E-state index contributed by atoms with van der Waals surface area (Å²) in [6.07, 6.45) is 3.85. The Labute approximate surface area is 82.7 Å². The Morgan fingerprint density at radius 2 is 2.15 bits per heavy atom. The first-order valence-corrected chi connectivity index (χ1v) is 5.50. The van der Waals surface area contributed by atoms with Crippen LogP contribution in [0.2, 0.25) is 0 Å². The summed E-state index contributed by atoms with van der Waals surface area (Å²) in [5.74, 6) is 0. The zero-order chi connectivity index (χ0) is 9.90. The summed E-state index contributed by atoms with van der Waals surface area (Å²) in [7, 11) is 2.26. The van der Waals surface area contributed by atoms with E-state index in [1.54, 1.807) is 0 Å². The fourth-order valence-electron chi connectivity index (χ4n) is 2.25. The minimum absolute atomic E-state index is 0.338. The van der Waals surface area contributed by atoms with Crippen LogP contribution in [0, 0.1) is 0 Å². The van der Waals surface area contributed by atoms with Gasteiger partial charge >= 0.3 is 0 Å². The van der Waals surface area contributed by atoms with Gasteiger partial charge in [-0.25, -0.2) is 0 Å². The van der Waals surface area contributed by atoms with Gasteiger partial charge in [0.25, 0.3) is 0 Å². The summed E-state index contributed by atoms with van der Waals surface area (Å²) in [6, 6.07) is 0.788. The van der Waals surface area contributed by atoms with Gasteiger partial charge in [0.1, 0.15) is 0 Å². The van der Waals surface area contributed by atoms with Crippen molar-refractivity contribution in [2.45, 2.75) is 51.6 Å². The molecule has 2 heteroatoms. The Morgan fingerprint density at radius 1 is 1.46 bits per heavy atom. The molecule has 78 valence electrons. The quantitative estimate of drug-likeness (QED) is 0.720. The minimum atomic E-state index is 0.338. The van der Waals surface area contributed by atoms with Crippen LogP contribution in [0.25, 0.3) is 0 Å². The molecule has 0 aliphatic carbocycles. The monoisotopic (exact) mass is 184 g/mol. The third-order valence-electron chi connectivity index (χ3n) is 3.03. The van der Waals surface area contributed by atoms with Crippen molar-refractivity contribution in [3.63, 3.8) is 0 Å². The third kappa shape index (κ3) is 3.28. The highest BCUT2D eigenvalue weighted by molar-refractivity contribution is 4.89. The van der Waals surface area contributed by atoms with E-state index in [9.17, 15) is 0 Å². The lowest BCUT2D eigenvalue weighted by atomic mass is 9.88. The SMILES string of the molecule is CCCN(C)C1CCNC(C)(C)C1. The van der Waals surface area contributed by atoms with Gasteiger partial charge in [-0.2, -0.15) is 0 Å². The summed E-state index contributed by atoms with van der Waals surface area (Å²) in [6.45, 7) is 9.27. The van der Waals surface area contributed by atoms with Crippen molar-refractivity contribution >= 4 is 0 Å². The lowest BCUT2D eigenvalue weighted by molar-refractivity contribution is 0.144. The maximum Gasteiger partial charge on any atom is 0.0140 e. The topological polar surface area (TPSA) is 15.3 Å². The van der Waals surface area contributed by atoms with Crippen molar-refractivity contribution in [1.29, 1.82) is 0 Å². The zero-order valence-electron chi connectivity index (χ0n) is 9.56. The Bertz CT molecular complexity index is 154. The number of piperidine rings is 1. The average molecular weight is 184 g/mol. The van der Waals surface area contributed by atoms with E-state index in [4.69, 9.17) is 0 Å². The van der Waals surface area contributed by atoms with E-state index < -0.39 is 0 Å². The predicted octanol–water partition coefficient (Wildman–Crippen LogP) is 1.86. The smallest absolute Gasteiger partial charge is 0.0140 e. The molecule has 1 heterocycles. The number of hydrogen-bond acceptors (Lipinski definition) is 2. The third-order valence-corrected chi connectivity index (χ3v) is 3.03. The van der Waals surface area contributed by atoms with E-state index in [2.05, 4.69) is 38.0 Å². The van der Waals surface area contributed by atoms with Gasteiger partial charge in [-0.1, -0.05) is 6.92 Å². The van der Waals surface area contributed by atoms with Gasteiger partial charge in [0.05, 0.1) is 0 Å². The second-order valence-electron chi connectivity index (χ2n) is 4.94. The molecule has 1 unspecified atom stereocenters. The summed E-state index contributed by atoms with van der Waals surface area (Å²) in [4.78, 5) is 2.52. The molecule has 1 atom stereocenters. The summed E-state index contributed by atoms with van der Waals surface area (Å²) >= 11 is 0. The lowest BCUT2D eigenvalue weighted by Gasteiger charge is -2.40. The molecule has 1 rings (SSSR count). The first-order valence-electron chi connectivity index (χ1n) is 5.50. The molecule has 0 aromatic rings. The molecular formula is C11H24N2. The van der Waals surface area contributed by atoms with Crippen LogP contribution in [-0.2, 0) is 0 Å². The molecule has 1 saturated heterocycles. The van der Waals surface area contributed by atoms with Crippen LogP contribution in [0.3, 0.4) is 0 Å². The van der Waals surface area contributed by atoms with Gasteiger partial charge in [-0.15, -0.1) is 0 Å². The van der Waals surface area contributed by atoms with Crippen LogP contribution in [-0.4, -0.2) is 36.6 Å². The van der Waals surface area contributed by atoms with E-state index in [1.165, 1.54) is 32.4 Å². The normalized spacial score (nSPS) is 27.9. The molecule has 2 nitrogen and oxygen atoms in total. The van der Waals surface area contributed by atoms with Crippen molar-refractivity contribution in [2.24, 2.45) is 0 Å². The second kappa shape index (κ2) is 4.43. The average Bonchev–Trinajstić information content (AvgIpc) is 2.03. The first-order chi connectivity index (χ1) is 6.05. The van der Waals surface area contributed by atoms with Crippen LogP contribution in [0.15, 0.2) is 0 Å². The van der Waals surface area contributed by atoms with Crippen molar-refractivity contribution < 1.29 is 0 Å². The van der Waals surface area contributed by atoms with E-state index in [1.807, 2.05) is 0 Å². The molecule has 0 aromatic heterocycles. The molecular weight excluding hydrogens is 160 g/mol.